The Morgan fingerprint density at radius 1 is 1.10 bits per heavy atom. The van der Waals surface area contributed by atoms with Gasteiger partial charge in [-0.15, -0.1) is 0 Å². The van der Waals surface area contributed by atoms with Crippen molar-refractivity contribution in [2.75, 3.05) is 7.11 Å². The molecular weight excluding hydrogens is 128 g/mol. The third-order valence-electron chi connectivity index (χ3n) is 2.20. The molecule has 0 N–H and O–H groups in total. The van der Waals surface area contributed by atoms with E-state index < -0.39 is 0 Å². The first kappa shape index (κ1) is 8.02. The van der Waals surface area contributed by atoms with Crippen molar-refractivity contribution in [3.8, 4) is 0 Å². The van der Waals surface area contributed by atoms with Crippen LogP contribution in [0.3, 0.4) is 0 Å². The average Bonchev–Trinajstić information content (AvgIpc) is 1.89. The van der Waals surface area contributed by atoms with Gasteiger partial charge in [0.15, 0.2) is 0 Å². The maximum absolute atomic E-state index is 5.17. The quantitative estimate of drug-likeness (QED) is 0.437. The van der Waals surface area contributed by atoms with E-state index in [4.69, 9.17) is 4.89 Å². The molecular formula is C8H16O2. The summed E-state index contributed by atoms with van der Waals surface area (Å²) in [7, 11) is 1.58. The molecule has 0 aromatic carbocycles. The molecule has 1 aliphatic rings. The van der Waals surface area contributed by atoms with Crippen LogP contribution < -0.4 is 0 Å². The van der Waals surface area contributed by atoms with Gasteiger partial charge in [0, 0.05) is 0 Å². The zero-order valence-electron chi connectivity index (χ0n) is 6.85. The van der Waals surface area contributed by atoms with Crippen LogP contribution in [0.25, 0.3) is 0 Å². The van der Waals surface area contributed by atoms with Gasteiger partial charge in [-0.2, -0.15) is 0 Å². The van der Waals surface area contributed by atoms with Gasteiger partial charge >= 0.3 is 0 Å². The molecule has 0 atom stereocenters. The summed E-state index contributed by atoms with van der Waals surface area (Å²) < 4.78 is 0. The van der Waals surface area contributed by atoms with Crippen LogP contribution in [0, 0.1) is 0 Å². The summed E-state index contributed by atoms with van der Waals surface area (Å²) in [5.41, 5.74) is 0.00694. The van der Waals surface area contributed by atoms with Crippen molar-refractivity contribution in [3.63, 3.8) is 0 Å². The molecule has 1 rings (SSSR count). The molecule has 0 spiro atoms. The summed E-state index contributed by atoms with van der Waals surface area (Å²) >= 11 is 0. The van der Waals surface area contributed by atoms with E-state index in [1.807, 2.05) is 0 Å². The van der Waals surface area contributed by atoms with E-state index in [0.717, 1.165) is 12.8 Å². The van der Waals surface area contributed by atoms with E-state index in [2.05, 4.69) is 11.8 Å². The maximum Gasteiger partial charge on any atom is 0.101 e. The summed E-state index contributed by atoms with van der Waals surface area (Å²) in [6.07, 6.45) is 6.18. The summed E-state index contributed by atoms with van der Waals surface area (Å²) in [4.78, 5) is 9.85. The minimum atomic E-state index is 0.00694. The monoisotopic (exact) mass is 144 g/mol. The van der Waals surface area contributed by atoms with Crippen molar-refractivity contribution in [2.45, 2.75) is 44.6 Å². The predicted molar refractivity (Wildman–Crippen MR) is 39.6 cm³/mol. The molecule has 0 bridgehead atoms. The zero-order valence-corrected chi connectivity index (χ0v) is 6.85. The zero-order chi connectivity index (χ0) is 7.45. The first-order chi connectivity index (χ1) is 4.77. The molecule has 60 valence electrons. The van der Waals surface area contributed by atoms with E-state index in [0.29, 0.717) is 0 Å². The smallest absolute Gasteiger partial charge is 0.101 e. The highest BCUT2D eigenvalue weighted by Crippen LogP contribution is 2.30. The molecule has 0 saturated heterocycles. The second kappa shape index (κ2) is 3.35. The van der Waals surface area contributed by atoms with Crippen molar-refractivity contribution >= 4 is 0 Å². The summed E-state index contributed by atoms with van der Waals surface area (Å²) in [5.74, 6) is 0. The highest BCUT2D eigenvalue weighted by molar-refractivity contribution is 4.77. The average molecular weight is 144 g/mol. The third-order valence-corrected chi connectivity index (χ3v) is 2.20. The topological polar surface area (TPSA) is 18.5 Å². The second-order valence-electron chi connectivity index (χ2n) is 3.26. The number of hydrogen-bond acceptors (Lipinski definition) is 2. The van der Waals surface area contributed by atoms with Crippen molar-refractivity contribution in [1.29, 1.82) is 0 Å². The molecule has 1 fully saturated rings. The van der Waals surface area contributed by atoms with E-state index >= 15 is 0 Å². The van der Waals surface area contributed by atoms with Crippen molar-refractivity contribution in [3.05, 3.63) is 0 Å². The van der Waals surface area contributed by atoms with Crippen molar-refractivity contribution < 1.29 is 9.78 Å². The Balaban J connectivity index is 2.32. The van der Waals surface area contributed by atoms with E-state index in [1.165, 1.54) is 19.3 Å². The van der Waals surface area contributed by atoms with Crippen LogP contribution >= 0.6 is 0 Å². The molecule has 1 saturated carbocycles. The normalized spacial score (nSPS) is 24.6. The molecule has 1 aliphatic carbocycles. The fraction of sp³-hybridized carbons (Fsp3) is 1.00. The molecule has 0 aromatic rings. The van der Waals surface area contributed by atoms with E-state index in [9.17, 15) is 0 Å². The van der Waals surface area contributed by atoms with Gasteiger partial charge in [-0.05, 0) is 19.8 Å². The third kappa shape index (κ3) is 1.96. The predicted octanol–water partition coefficient (Wildman–Crippen LogP) is 2.29. The summed E-state index contributed by atoms with van der Waals surface area (Å²) in [6, 6.07) is 0. The Labute approximate surface area is 62.4 Å². The van der Waals surface area contributed by atoms with Crippen LogP contribution in [0.2, 0.25) is 0 Å². The molecule has 0 heterocycles. The molecule has 0 aliphatic heterocycles. The van der Waals surface area contributed by atoms with Gasteiger partial charge in [-0.25, -0.2) is 9.78 Å². The van der Waals surface area contributed by atoms with Gasteiger partial charge in [-0.1, -0.05) is 19.3 Å². The van der Waals surface area contributed by atoms with Gasteiger partial charge in [-0.3, -0.25) is 0 Å². The first-order valence-electron chi connectivity index (χ1n) is 3.99. The Kier molecular flexibility index (Phi) is 2.69. The largest absolute Gasteiger partial charge is 0.240 e. The number of rotatable bonds is 2. The van der Waals surface area contributed by atoms with E-state index in [1.54, 1.807) is 7.11 Å². The molecule has 2 nitrogen and oxygen atoms in total. The van der Waals surface area contributed by atoms with Gasteiger partial charge in [0.1, 0.15) is 5.60 Å². The van der Waals surface area contributed by atoms with Crippen LogP contribution in [0.4, 0.5) is 0 Å². The lowest BCUT2D eigenvalue weighted by molar-refractivity contribution is -0.346. The first-order valence-corrected chi connectivity index (χ1v) is 3.99. The number of hydrogen-bond donors (Lipinski definition) is 0. The lowest BCUT2D eigenvalue weighted by Crippen LogP contribution is -2.30. The standard InChI is InChI=1S/C8H16O2/c1-8(10-9-2)6-4-3-5-7-8/h3-7H2,1-2H3. The Hall–Kier alpha value is -0.0800. The lowest BCUT2D eigenvalue weighted by atomic mass is 9.87. The SMILES string of the molecule is COOC1(C)CCCCC1. The van der Waals surface area contributed by atoms with Gasteiger partial charge in [0.05, 0.1) is 7.11 Å². The van der Waals surface area contributed by atoms with Crippen LogP contribution in [0.5, 0.6) is 0 Å². The summed E-state index contributed by atoms with van der Waals surface area (Å²) in [6.45, 7) is 2.12. The summed E-state index contributed by atoms with van der Waals surface area (Å²) in [5, 5.41) is 0. The lowest BCUT2D eigenvalue weighted by Gasteiger charge is -2.31. The van der Waals surface area contributed by atoms with Crippen molar-refractivity contribution in [1.82, 2.24) is 0 Å². The fourth-order valence-electron chi connectivity index (χ4n) is 1.58. The molecule has 0 radical (unpaired) electrons. The van der Waals surface area contributed by atoms with Crippen LogP contribution in [-0.4, -0.2) is 12.7 Å². The van der Waals surface area contributed by atoms with Crippen molar-refractivity contribution in [2.24, 2.45) is 0 Å². The second-order valence-corrected chi connectivity index (χ2v) is 3.26. The molecule has 2 heteroatoms. The molecule has 0 amide bonds. The van der Waals surface area contributed by atoms with Crippen LogP contribution in [0.15, 0.2) is 0 Å². The highest BCUT2D eigenvalue weighted by atomic mass is 17.2. The van der Waals surface area contributed by atoms with Gasteiger partial charge < -0.3 is 0 Å². The minimum absolute atomic E-state index is 0.00694. The maximum atomic E-state index is 5.17. The van der Waals surface area contributed by atoms with Gasteiger partial charge in [0.2, 0.25) is 0 Å². The fourth-order valence-corrected chi connectivity index (χ4v) is 1.58. The van der Waals surface area contributed by atoms with Crippen LogP contribution in [-0.2, 0) is 9.78 Å². The highest BCUT2D eigenvalue weighted by Gasteiger charge is 2.28. The minimum Gasteiger partial charge on any atom is -0.240 e. The van der Waals surface area contributed by atoms with Crippen LogP contribution in [0.1, 0.15) is 39.0 Å². The molecule has 0 unspecified atom stereocenters. The Morgan fingerprint density at radius 3 is 2.20 bits per heavy atom. The Morgan fingerprint density at radius 2 is 1.70 bits per heavy atom. The molecule has 10 heavy (non-hydrogen) atoms. The van der Waals surface area contributed by atoms with E-state index in [-0.39, 0.29) is 5.60 Å². The Bertz CT molecular complexity index is 89.9. The van der Waals surface area contributed by atoms with Gasteiger partial charge in [0.25, 0.3) is 0 Å². The molecule has 0 aromatic heterocycles.